The second-order valence-electron chi connectivity index (χ2n) is 7.45. The van der Waals surface area contributed by atoms with Gasteiger partial charge in [-0.2, -0.15) is 4.31 Å². The fourth-order valence-electron chi connectivity index (χ4n) is 3.52. The van der Waals surface area contributed by atoms with E-state index in [2.05, 4.69) is 12.2 Å². The summed E-state index contributed by atoms with van der Waals surface area (Å²) < 4.78 is 32.7. The van der Waals surface area contributed by atoms with Gasteiger partial charge < -0.3 is 10.1 Å². The fraction of sp³-hybridized carbons (Fsp3) is 0.435. The number of nitrogens with one attached hydrogen (secondary N) is 1. The number of amides is 1. The van der Waals surface area contributed by atoms with Gasteiger partial charge in [0.25, 0.3) is 5.91 Å². The Labute approximate surface area is 179 Å². The third-order valence-electron chi connectivity index (χ3n) is 5.14. The molecule has 1 aliphatic heterocycles. The second kappa shape index (κ2) is 10.6. The molecule has 7 heteroatoms. The first-order valence-electron chi connectivity index (χ1n) is 10.6. The van der Waals surface area contributed by atoms with Crippen LogP contribution in [0.3, 0.4) is 0 Å². The van der Waals surface area contributed by atoms with Gasteiger partial charge in [-0.05, 0) is 61.9 Å². The van der Waals surface area contributed by atoms with Gasteiger partial charge >= 0.3 is 0 Å². The second-order valence-corrected chi connectivity index (χ2v) is 9.39. The molecule has 1 amide bonds. The van der Waals surface area contributed by atoms with E-state index in [1.165, 1.54) is 10.4 Å². The standard InChI is InChI=1S/C23H30N2O4S/c1-2-17-29-22-13-4-3-9-19(22)11-8-14-24-23(26)20-10-7-12-21(18-20)30(27,28)25-15-5-6-16-25/h3-4,7,9-10,12-13,18H,2,5-6,8,11,14-17H2,1H3,(H,24,26). The predicted molar refractivity (Wildman–Crippen MR) is 117 cm³/mol. The van der Waals surface area contributed by atoms with E-state index in [0.29, 0.717) is 31.8 Å². The number of sulfonamides is 1. The third kappa shape index (κ3) is 5.61. The molecule has 1 heterocycles. The Morgan fingerprint density at radius 3 is 2.63 bits per heavy atom. The maximum Gasteiger partial charge on any atom is 0.251 e. The summed E-state index contributed by atoms with van der Waals surface area (Å²) in [5.41, 5.74) is 1.49. The highest BCUT2D eigenvalue weighted by molar-refractivity contribution is 7.89. The SMILES string of the molecule is CCCOc1ccccc1CCCNC(=O)c1cccc(S(=O)(=O)N2CCCC2)c1. The van der Waals surface area contributed by atoms with Gasteiger partial charge in [-0.1, -0.05) is 31.2 Å². The minimum atomic E-state index is -3.53. The normalized spacial score (nSPS) is 14.6. The quantitative estimate of drug-likeness (QED) is 0.584. The molecule has 0 saturated carbocycles. The van der Waals surface area contributed by atoms with Gasteiger partial charge in [0.15, 0.2) is 0 Å². The topological polar surface area (TPSA) is 75.7 Å². The van der Waals surface area contributed by atoms with Gasteiger partial charge in [-0.3, -0.25) is 4.79 Å². The zero-order valence-corrected chi connectivity index (χ0v) is 18.3. The molecular weight excluding hydrogens is 400 g/mol. The molecule has 3 rings (SSSR count). The molecule has 0 atom stereocenters. The number of aryl methyl sites for hydroxylation is 1. The summed E-state index contributed by atoms with van der Waals surface area (Å²) in [6.45, 7) is 4.35. The highest BCUT2D eigenvalue weighted by atomic mass is 32.2. The van der Waals surface area contributed by atoms with Crippen LogP contribution >= 0.6 is 0 Å². The summed E-state index contributed by atoms with van der Waals surface area (Å²) in [6, 6.07) is 14.2. The van der Waals surface area contributed by atoms with Crippen molar-refractivity contribution >= 4 is 15.9 Å². The van der Waals surface area contributed by atoms with Crippen molar-refractivity contribution in [1.29, 1.82) is 0 Å². The fourth-order valence-corrected chi connectivity index (χ4v) is 5.08. The Balaban J connectivity index is 1.55. The summed E-state index contributed by atoms with van der Waals surface area (Å²) in [4.78, 5) is 12.7. The van der Waals surface area contributed by atoms with Crippen LogP contribution in [-0.2, 0) is 16.4 Å². The van der Waals surface area contributed by atoms with Gasteiger partial charge in [0, 0.05) is 25.2 Å². The molecule has 0 unspecified atom stereocenters. The molecule has 0 aromatic heterocycles. The number of benzene rings is 2. The third-order valence-corrected chi connectivity index (χ3v) is 7.04. The van der Waals surface area contributed by atoms with Crippen LogP contribution in [0, 0.1) is 0 Å². The van der Waals surface area contributed by atoms with Crippen molar-refractivity contribution in [1.82, 2.24) is 9.62 Å². The first-order valence-corrected chi connectivity index (χ1v) is 12.1. The van der Waals surface area contributed by atoms with Crippen molar-refractivity contribution in [3.05, 3.63) is 59.7 Å². The van der Waals surface area contributed by atoms with E-state index >= 15 is 0 Å². The van der Waals surface area contributed by atoms with E-state index < -0.39 is 10.0 Å². The van der Waals surface area contributed by atoms with Crippen LogP contribution in [0.1, 0.15) is 48.5 Å². The number of para-hydroxylation sites is 1. The molecule has 162 valence electrons. The van der Waals surface area contributed by atoms with Crippen molar-refractivity contribution in [3.8, 4) is 5.75 Å². The van der Waals surface area contributed by atoms with Crippen LogP contribution in [0.4, 0.5) is 0 Å². The van der Waals surface area contributed by atoms with E-state index in [4.69, 9.17) is 4.74 Å². The molecule has 1 fully saturated rings. The van der Waals surface area contributed by atoms with Crippen molar-refractivity contribution < 1.29 is 17.9 Å². The number of ether oxygens (including phenoxy) is 1. The van der Waals surface area contributed by atoms with Crippen LogP contribution in [-0.4, -0.2) is 44.9 Å². The Bertz CT molecular complexity index is 953. The van der Waals surface area contributed by atoms with E-state index in [-0.39, 0.29) is 10.8 Å². The van der Waals surface area contributed by atoms with Gasteiger partial charge in [0.1, 0.15) is 5.75 Å². The van der Waals surface area contributed by atoms with Crippen LogP contribution in [0.15, 0.2) is 53.4 Å². The number of nitrogens with zero attached hydrogens (tertiary/aromatic N) is 1. The number of carbonyl (C=O) groups excluding carboxylic acids is 1. The first kappa shape index (κ1) is 22.3. The molecule has 1 saturated heterocycles. The average Bonchev–Trinajstić information content (AvgIpc) is 3.32. The molecule has 1 N–H and O–H groups in total. The zero-order valence-electron chi connectivity index (χ0n) is 17.5. The summed E-state index contributed by atoms with van der Waals surface area (Å²) in [7, 11) is -3.53. The smallest absolute Gasteiger partial charge is 0.251 e. The Morgan fingerprint density at radius 1 is 1.10 bits per heavy atom. The van der Waals surface area contributed by atoms with Gasteiger partial charge in [-0.15, -0.1) is 0 Å². The summed E-state index contributed by atoms with van der Waals surface area (Å²) in [6.07, 6.45) is 4.28. The molecule has 1 aliphatic rings. The van der Waals surface area contributed by atoms with Gasteiger partial charge in [0.05, 0.1) is 11.5 Å². The molecule has 6 nitrogen and oxygen atoms in total. The number of hydrogen-bond donors (Lipinski definition) is 1. The van der Waals surface area contributed by atoms with Crippen LogP contribution in [0.25, 0.3) is 0 Å². The minimum absolute atomic E-state index is 0.180. The van der Waals surface area contributed by atoms with Gasteiger partial charge in [0.2, 0.25) is 10.0 Å². The molecular formula is C23H30N2O4S. The molecule has 0 spiro atoms. The van der Waals surface area contributed by atoms with Crippen LogP contribution in [0.2, 0.25) is 0 Å². The summed E-state index contributed by atoms with van der Waals surface area (Å²) in [5.74, 6) is 0.634. The first-order chi connectivity index (χ1) is 14.5. The van der Waals surface area contributed by atoms with Crippen molar-refractivity contribution in [2.75, 3.05) is 26.2 Å². The van der Waals surface area contributed by atoms with Crippen LogP contribution in [0.5, 0.6) is 5.75 Å². The Kier molecular flexibility index (Phi) is 7.87. The number of carbonyl (C=O) groups is 1. The molecule has 30 heavy (non-hydrogen) atoms. The van der Waals surface area contributed by atoms with E-state index in [1.54, 1.807) is 18.2 Å². The Morgan fingerprint density at radius 2 is 1.87 bits per heavy atom. The average molecular weight is 431 g/mol. The lowest BCUT2D eigenvalue weighted by Gasteiger charge is -2.16. The molecule has 0 radical (unpaired) electrons. The highest BCUT2D eigenvalue weighted by Crippen LogP contribution is 2.22. The van der Waals surface area contributed by atoms with E-state index in [1.807, 2.05) is 24.3 Å². The molecule has 0 aliphatic carbocycles. The molecule has 2 aromatic rings. The lowest BCUT2D eigenvalue weighted by molar-refractivity contribution is 0.0953. The monoisotopic (exact) mass is 430 g/mol. The van der Waals surface area contributed by atoms with Crippen LogP contribution < -0.4 is 10.1 Å². The number of hydrogen-bond acceptors (Lipinski definition) is 4. The maximum atomic E-state index is 12.7. The van der Waals surface area contributed by atoms with Gasteiger partial charge in [-0.25, -0.2) is 8.42 Å². The Hall–Kier alpha value is -2.38. The zero-order chi connectivity index (χ0) is 21.4. The lowest BCUT2D eigenvalue weighted by Crippen LogP contribution is -2.29. The highest BCUT2D eigenvalue weighted by Gasteiger charge is 2.27. The summed E-state index contributed by atoms with van der Waals surface area (Å²) >= 11 is 0. The number of rotatable bonds is 10. The largest absolute Gasteiger partial charge is 0.493 e. The summed E-state index contributed by atoms with van der Waals surface area (Å²) in [5, 5.41) is 2.89. The van der Waals surface area contributed by atoms with E-state index in [0.717, 1.165) is 43.4 Å². The van der Waals surface area contributed by atoms with Crippen molar-refractivity contribution in [3.63, 3.8) is 0 Å². The molecule has 2 aromatic carbocycles. The predicted octanol–water partition coefficient (Wildman–Crippen LogP) is 3.62. The molecule has 0 bridgehead atoms. The lowest BCUT2D eigenvalue weighted by atomic mass is 10.1. The maximum absolute atomic E-state index is 12.7. The minimum Gasteiger partial charge on any atom is -0.493 e. The van der Waals surface area contributed by atoms with Crippen molar-refractivity contribution in [2.24, 2.45) is 0 Å². The van der Waals surface area contributed by atoms with E-state index in [9.17, 15) is 13.2 Å². The van der Waals surface area contributed by atoms with Crippen molar-refractivity contribution in [2.45, 2.75) is 43.9 Å².